The molecule has 1 rings (SSSR count). The van der Waals surface area contributed by atoms with Crippen LogP contribution in [0.5, 0.6) is 11.5 Å². The highest BCUT2D eigenvalue weighted by Gasteiger charge is 2.31. The zero-order valence-corrected chi connectivity index (χ0v) is 25.0. The molecule has 1 aromatic carbocycles. The first-order chi connectivity index (χ1) is 18.1. The molecule has 12 heteroatoms. The second-order valence-corrected chi connectivity index (χ2v) is 12.6. The van der Waals surface area contributed by atoms with Crippen molar-refractivity contribution in [2.45, 2.75) is 105 Å². The summed E-state index contributed by atoms with van der Waals surface area (Å²) in [5.74, 6) is -2.64. The molecule has 0 aromatic heterocycles. The van der Waals surface area contributed by atoms with Gasteiger partial charge in [-0.15, -0.1) is 0 Å². The van der Waals surface area contributed by atoms with E-state index < -0.39 is 53.7 Å². The lowest BCUT2D eigenvalue weighted by Gasteiger charge is -2.26. The summed E-state index contributed by atoms with van der Waals surface area (Å²) in [6.45, 7) is 17.2. The summed E-state index contributed by atoms with van der Waals surface area (Å²) < 4.78 is 31.4. The fraction of sp³-hybridized carbons (Fsp3) is 0.643. The minimum absolute atomic E-state index is 0.0176. The number of carboxylic acids is 1. The van der Waals surface area contributed by atoms with Gasteiger partial charge in [0.25, 0.3) is 0 Å². The number of benzene rings is 1. The Bertz CT molecular complexity index is 1050. The maximum atomic E-state index is 12.4. The predicted molar refractivity (Wildman–Crippen MR) is 144 cm³/mol. The van der Waals surface area contributed by atoms with E-state index in [-0.39, 0.29) is 29.9 Å². The molecule has 0 spiro atoms. The number of nitrogens with two attached hydrogens (primary N) is 1. The third-order valence-electron chi connectivity index (χ3n) is 4.79. The number of aliphatic carboxylic acids is 1. The van der Waals surface area contributed by atoms with E-state index in [9.17, 15) is 24.3 Å². The molecule has 1 aromatic rings. The molecule has 0 saturated heterocycles. The van der Waals surface area contributed by atoms with Crippen molar-refractivity contribution in [1.82, 2.24) is 0 Å². The molecule has 0 fully saturated rings. The van der Waals surface area contributed by atoms with Crippen LogP contribution in [0, 0.1) is 5.41 Å². The Hall–Kier alpha value is -3.54. The summed E-state index contributed by atoms with van der Waals surface area (Å²) in [6, 6.07) is 2.65. The minimum atomic E-state index is -1.43. The Labute approximate surface area is 235 Å². The predicted octanol–water partition coefficient (Wildman–Crippen LogP) is 5.79. The number of hydrogen-bond donors (Lipinski definition) is 2. The van der Waals surface area contributed by atoms with Crippen LogP contribution in [0.25, 0.3) is 0 Å². The summed E-state index contributed by atoms with van der Waals surface area (Å²) >= 11 is 0. The molecule has 0 heterocycles. The number of carboxylic acid groups (broad SMARTS) is 1. The van der Waals surface area contributed by atoms with Gasteiger partial charge in [-0.25, -0.2) is 14.4 Å². The van der Waals surface area contributed by atoms with Crippen LogP contribution in [0.3, 0.4) is 0 Å². The van der Waals surface area contributed by atoms with Gasteiger partial charge in [0, 0.05) is 5.92 Å². The summed E-state index contributed by atoms with van der Waals surface area (Å²) in [6.07, 6.45) is -3.85. The highest BCUT2D eigenvalue weighted by Crippen LogP contribution is 2.35. The molecular formula is C28H43NO11. The Balaban J connectivity index is 3.34. The minimum Gasteiger partial charge on any atom is -0.480 e. The lowest BCUT2D eigenvalue weighted by molar-refractivity contribution is -0.139. The lowest BCUT2D eigenvalue weighted by atomic mass is 9.87. The van der Waals surface area contributed by atoms with Crippen molar-refractivity contribution < 1.29 is 52.7 Å². The van der Waals surface area contributed by atoms with Gasteiger partial charge in [-0.3, -0.25) is 4.79 Å². The van der Waals surface area contributed by atoms with E-state index in [4.69, 9.17) is 34.2 Å². The molecule has 0 aliphatic heterocycles. The average Bonchev–Trinajstić information content (AvgIpc) is 2.73. The van der Waals surface area contributed by atoms with Crippen LogP contribution < -0.4 is 15.2 Å². The molecule has 0 radical (unpaired) electrons. The van der Waals surface area contributed by atoms with Gasteiger partial charge in [-0.1, -0.05) is 26.8 Å². The second-order valence-electron chi connectivity index (χ2n) is 12.6. The quantitative estimate of drug-likeness (QED) is 0.209. The van der Waals surface area contributed by atoms with E-state index in [0.717, 1.165) is 0 Å². The molecule has 3 N–H and O–H groups in total. The van der Waals surface area contributed by atoms with E-state index in [1.807, 2.05) is 20.8 Å². The molecule has 0 bridgehead atoms. The normalized spacial score (nSPS) is 14.3. The van der Waals surface area contributed by atoms with Gasteiger partial charge in [-0.05, 0) is 78.0 Å². The highest BCUT2D eigenvalue weighted by molar-refractivity contribution is 5.75. The van der Waals surface area contributed by atoms with Crippen molar-refractivity contribution >= 4 is 24.4 Å². The van der Waals surface area contributed by atoms with Gasteiger partial charge < -0.3 is 39.3 Å². The van der Waals surface area contributed by atoms with Gasteiger partial charge in [0.05, 0.1) is 6.61 Å². The summed E-state index contributed by atoms with van der Waals surface area (Å²) in [4.78, 5) is 48.7. The van der Waals surface area contributed by atoms with Crippen LogP contribution in [-0.2, 0) is 23.7 Å². The Morgan fingerprint density at radius 1 is 0.825 bits per heavy atom. The van der Waals surface area contributed by atoms with Crippen LogP contribution in [0.1, 0.15) is 87.1 Å². The summed E-state index contributed by atoms with van der Waals surface area (Å²) in [5, 5.41) is 9.66. The van der Waals surface area contributed by atoms with Crippen molar-refractivity contribution in [3.05, 3.63) is 23.8 Å². The first-order valence-electron chi connectivity index (χ1n) is 12.8. The molecule has 2 unspecified atom stereocenters. The number of hydrogen-bond acceptors (Lipinski definition) is 11. The first-order valence-corrected chi connectivity index (χ1v) is 12.8. The first kappa shape index (κ1) is 34.5. The zero-order chi connectivity index (χ0) is 31.1. The van der Waals surface area contributed by atoms with Crippen molar-refractivity contribution in [3.63, 3.8) is 0 Å². The van der Waals surface area contributed by atoms with Crippen LogP contribution in [0.15, 0.2) is 18.2 Å². The zero-order valence-electron chi connectivity index (χ0n) is 25.0. The number of rotatable bonds is 9. The van der Waals surface area contributed by atoms with Crippen molar-refractivity contribution in [1.29, 1.82) is 0 Å². The molecule has 0 amide bonds. The van der Waals surface area contributed by atoms with Gasteiger partial charge in [0.15, 0.2) is 11.5 Å². The number of carbonyl (C=O) groups is 4. The van der Waals surface area contributed by atoms with Gasteiger partial charge >= 0.3 is 24.4 Å². The van der Waals surface area contributed by atoms with E-state index in [0.29, 0.717) is 5.56 Å². The molecule has 0 aliphatic rings. The molecule has 226 valence electrons. The molecular weight excluding hydrogens is 526 g/mol. The molecule has 12 nitrogen and oxygen atoms in total. The van der Waals surface area contributed by atoms with E-state index >= 15 is 0 Å². The highest BCUT2D eigenvalue weighted by atomic mass is 16.8. The van der Waals surface area contributed by atoms with Crippen LogP contribution in [0.2, 0.25) is 0 Å². The van der Waals surface area contributed by atoms with E-state index in [2.05, 4.69) is 0 Å². The summed E-state index contributed by atoms with van der Waals surface area (Å²) in [5.41, 5.74) is 4.30. The Kier molecular flexibility index (Phi) is 11.8. The number of carbonyl (C=O) groups excluding carboxylic acids is 3. The topological polar surface area (TPSA) is 170 Å². The van der Waals surface area contributed by atoms with Gasteiger partial charge in [-0.2, -0.15) is 0 Å². The van der Waals surface area contributed by atoms with Crippen LogP contribution >= 0.6 is 0 Å². The summed E-state index contributed by atoms with van der Waals surface area (Å²) in [7, 11) is 0. The third kappa shape index (κ3) is 13.5. The fourth-order valence-electron chi connectivity index (χ4n) is 3.18. The molecule has 0 aliphatic carbocycles. The monoisotopic (exact) mass is 569 g/mol. The standard InChI is InChI=1S/C28H43NO11/c1-16(36-23(32)35-15-26(2,3)4)13-18(21(29)22(30)31)17-11-12-19(37-24(33)39-27(5,6)7)20(14-17)38-25(34)40-28(8,9)10/h11-12,14,16,18,21H,13,15,29H2,1-10H3,(H,30,31)/t16?,18?,21-/m0/s1. The SMILES string of the molecule is CC(CC(c1ccc(OC(=O)OC(C)(C)C)c(OC(=O)OC(C)(C)C)c1)[C@H](N)C(=O)O)OC(=O)OCC(C)(C)C. The second kappa shape index (κ2) is 13.7. The molecule has 0 saturated carbocycles. The fourth-order valence-corrected chi connectivity index (χ4v) is 3.18. The van der Waals surface area contributed by atoms with Gasteiger partial charge in [0.1, 0.15) is 23.3 Å². The maximum Gasteiger partial charge on any atom is 0.514 e. The van der Waals surface area contributed by atoms with Crippen LogP contribution in [0.4, 0.5) is 14.4 Å². The smallest absolute Gasteiger partial charge is 0.480 e. The average molecular weight is 570 g/mol. The lowest BCUT2D eigenvalue weighted by Crippen LogP contribution is -2.38. The Morgan fingerprint density at radius 2 is 1.32 bits per heavy atom. The Morgan fingerprint density at radius 3 is 1.77 bits per heavy atom. The van der Waals surface area contributed by atoms with E-state index in [1.54, 1.807) is 48.5 Å². The van der Waals surface area contributed by atoms with Crippen molar-refractivity contribution in [2.24, 2.45) is 11.1 Å². The van der Waals surface area contributed by atoms with Crippen LogP contribution in [-0.4, -0.2) is 59.5 Å². The van der Waals surface area contributed by atoms with Gasteiger partial charge in [0.2, 0.25) is 0 Å². The molecule has 40 heavy (non-hydrogen) atoms. The molecule has 3 atom stereocenters. The van der Waals surface area contributed by atoms with E-state index in [1.165, 1.54) is 18.2 Å². The van der Waals surface area contributed by atoms with Crippen molar-refractivity contribution in [3.8, 4) is 11.5 Å². The van der Waals surface area contributed by atoms with Crippen molar-refractivity contribution in [2.75, 3.05) is 6.61 Å². The maximum absolute atomic E-state index is 12.4. The third-order valence-corrected chi connectivity index (χ3v) is 4.79. The largest absolute Gasteiger partial charge is 0.514 e. The number of ether oxygens (including phenoxy) is 6.